The van der Waals surface area contributed by atoms with Gasteiger partial charge in [0.05, 0.1) is 23.7 Å². The summed E-state index contributed by atoms with van der Waals surface area (Å²) in [4.78, 5) is 17.0. The number of β-amino-alcohol motifs (C(OH)–C–C–N with tert-alkyl or cyclic N) is 1. The first-order chi connectivity index (χ1) is 15.9. The highest BCUT2D eigenvalue weighted by molar-refractivity contribution is 5.73. The highest BCUT2D eigenvalue weighted by Gasteiger charge is 2.40. The van der Waals surface area contributed by atoms with Crippen LogP contribution in [0.2, 0.25) is 0 Å². The van der Waals surface area contributed by atoms with Crippen molar-refractivity contribution >= 4 is 11.4 Å². The Morgan fingerprint density at radius 1 is 1.09 bits per heavy atom. The summed E-state index contributed by atoms with van der Waals surface area (Å²) >= 11 is 0. The van der Waals surface area contributed by atoms with Crippen molar-refractivity contribution in [3.05, 3.63) is 52.8 Å². The Bertz CT molecular complexity index is 900. The van der Waals surface area contributed by atoms with E-state index in [1.165, 1.54) is 0 Å². The fourth-order valence-corrected chi connectivity index (χ4v) is 4.20. The predicted molar refractivity (Wildman–Crippen MR) is 124 cm³/mol. The maximum atomic E-state index is 11.5. The van der Waals surface area contributed by atoms with Gasteiger partial charge in [-0.2, -0.15) is 0 Å². The second-order valence-electron chi connectivity index (χ2n) is 8.37. The number of likely N-dealkylation sites (tertiary alicyclic amines) is 1. The van der Waals surface area contributed by atoms with Gasteiger partial charge in [-0.25, -0.2) is 0 Å². The summed E-state index contributed by atoms with van der Waals surface area (Å²) in [6.45, 7) is 1.12. The molecular formula is C23H32N4O6. The van der Waals surface area contributed by atoms with E-state index in [1.54, 1.807) is 30.6 Å². The lowest BCUT2D eigenvalue weighted by Crippen LogP contribution is -2.62. The number of nitrogens with zero attached hydrogens (tertiary/aromatic N) is 3. The topological polar surface area (TPSA) is 152 Å². The van der Waals surface area contributed by atoms with E-state index in [9.17, 15) is 30.5 Å². The van der Waals surface area contributed by atoms with Crippen molar-refractivity contribution in [2.45, 2.75) is 50.0 Å². The van der Waals surface area contributed by atoms with Crippen LogP contribution >= 0.6 is 0 Å². The van der Waals surface area contributed by atoms with Gasteiger partial charge in [0.1, 0.15) is 17.9 Å². The molecule has 5 N–H and O–H groups in total. The second kappa shape index (κ2) is 12.0. The van der Waals surface area contributed by atoms with Gasteiger partial charge in [-0.15, -0.1) is 0 Å². The van der Waals surface area contributed by atoms with Gasteiger partial charge in [-0.05, 0) is 37.1 Å². The molecule has 33 heavy (non-hydrogen) atoms. The molecule has 1 fully saturated rings. The Hall–Kier alpha value is -2.63. The summed E-state index contributed by atoms with van der Waals surface area (Å²) in [5.74, 6) is 0. The lowest BCUT2D eigenvalue weighted by atomic mass is 9.94. The molecule has 0 amide bonds. The van der Waals surface area contributed by atoms with Gasteiger partial charge < -0.3 is 25.7 Å². The Balaban J connectivity index is 1.42. The van der Waals surface area contributed by atoms with Crippen molar-refractivity contribution in [3.63, 3.8) is 0 Å². The van der Waals surface area contributed by atoms with Crippen LogP contribution in [-0.4, -0.2) is 85.8 Å². The van der Waals surface area contributed by atoms with E-state index < -0.39 is 29.3 Å². The minimum absolute atomic E-state index is 0.0239. The SMILES string of the molecule is O=[N+]([O-])c1cc(-c2cccnc2)ccc1NCCCCCCN1C[C@H](O)[C@@H](O)[C@H](O)[C@H]1CO. The molecule has 10 heteroatoms. The number of nitrogens with one attached hydrogen (secondary N) is 1. The van der Waals surface area contributed by atoms with Crippen LogP contribution in [0.5, 0.6) is 0 Å². The number of pyridine rings is 1. The number of hydrogen-bond acceptors (Lipinski definition) is 9. The molecule has 1 saturated heterocycles. The van der Waals surface area contributed by atoms with Gasteiger partial charge in [0.2, 0.25) is 0 Å². The van der Waals surface area contributed by atoms with E-state index in [0.717, 1.165) is 36.8 Å². The molecule has 0 bridgehead atoms. The normalized spacial score (nSPS) is 23.4. The number of hydrogen-bond donors (Lipinski definition) is 5. The highest BCUT2D eigenvalue weighted by atomic mass is 16.6. The fraction of sp³-hybridized carbons (Fsp3) is 0.522. The van der Waals surface area contributed by atoms with E-state index in [1.807, 2.05) is 17.0 Å². The Labute approximate surface area is 192 Å². The van der Waals surface area contributed by atoms with Gasteiger partial charge in [-0.1, -0.05) is 25.0 Å². The van der Waals surface area contributed by atoms with Crippen molar-refractivity contribution in [1.82, 2.24) is 9.88 Å². The Kier molecular flexibility index (Phi) is 9.10. The molecule has 4 atom stereocenters. The first-order valence-electron chi connectivity index (χ1n) is 11.2. The molecule has 2 heterocycles. The fourth-order valence-electron chi connectivity index (χ4n) is 4.20. The smallest absolute Gasteiger partial charge is 0.292 e. The predicted octanol–water partition coefficient (Wildman–Crippen LogP) is 1.39. The van der Waals surface area contributed by atoms with E-state index in [0.29, 0.717) is 18.8 Å². The van der Waals surface area contributed by atoms with Crippen LogP contribution < -0.4 is 5.32 Å². The molecule has 0 saturated carbocycles. The number of benzene rings is 1. The van der Waals surface area contributed by atoms with Crippen molar-refractivity contribution in [2.24, 2.45) is 0 Å². The monoisotopic (exact) mass is 460 g/mol. The van der Waals surface area contributed by atoms with Gasteiger partial charge in [0.15, 0.2) is 0 Å². The summed E-state index contributed by atoms with van der Waals surface area (Å²) in [7, 11) is 0. The summed E-state index contributed by atoms with van der Waals surface area (Å²) in [6.07, 6.45) is 3.31. The van der Waals surface area contributed by atoms with Crippen LogP contribution in [0.25, 0.3) is 11.1 Å². The van der Waals surface area contributed by atoms with E-state index in [4.69, 9.17) is 0 Å². The first kappa shape index (κ1) is 25.0. The summed E-state index contributed by atoms with van der Waals surface area (Å²) in [5, 5.41) is 53.8. The van der Waals surface area contributed by atoms with Crippen LogP contribution in [-0.2, 0) is 0 Å². The molecule has 180 valence electrons. The number of piperidine rings is 1. The lowest BCUT2D eigenvalue weighted by Gasteiger charge is -2.43. The Morgan fingerprint density at radius 2 is 1.88 bits per heavy atom. The lowest BCUT2D eigenvalue weighted by molar-refractivity contribution is -0.383. The molecule has 0 aliphatic carbocycles. The third-order valence-corrected chi connectivity index (χ3v) is 6.09. The molecule has 10 nitrogen and oxygen atoms in total. The molecular weight excluding hydrogens is 428 g/mol. The van der Waals surface area contributed by atoms with Gasteiger partial charge in [-0.3, -0.25) is 20.0 Å². The number of aromatic nitrogens is 1. The third kappa shape index (κ3) is 6.46. The summed E-state index contributed by atoms with van der Waals surface area (Å²) in [5.41, 5.74) is 2.06. The molecule has 0 spiro atoms. The number of anilines is 1. The van der Waals surface area contributed by atoms with Crippen molar-refractivity contribution in [3.8, 4) is 11.1 Å². The average molecular weight is 461 g/mol. The maximum absolute atomic E-state index is 11.5. The number of nitro benzene ring substituents is 1. The van der Waals surface area contributed by atoms with E-state index in [2.05, 4.69) is 10.3 Å². The number of unbranched alkanes of at least 4 members (excludes halogenated alkanes) is 3. The molecule has 1 aliphatic heterocycles. The zero-order chi connectivity index (χ0) is 23.8. The number of rotatable bonds is 11. The molecule has 0 unspecified atom stereocenters. The van der Waals surface area contributed by atoms with Crippen LogP contribution in [0.1, 0.15) is 25.7 Å². The highest BCUT2D eigenvalue weighted by Crippen LogP contribution is 2.30. The molecule has 1 aliphatic rings. The van der Waals surface area contributed by atoms with Crippen LogP contribution in [0.4, 0.5) is 11.4 Å². The summed E-state index contributed by atoms with van der Waals surface area (Å²) < 4.78 is 0. The largest absolute Gasteiger partial charge is 0.395 e. The molecule has 2 aromatic rings. The second-order valence-corrected chi connectivity index (χ2v) is 8.37. The van der Waals surface area contributed by atoms with E-state index in [-0.39, 0.29) is 18.8 Å². The van der Waals surface area contributed by atoms with Crippen LogP contribution in [0.3, 0.4) is 0 Å². The Morgan fingerprint density at radius 3 is 2.58 bits per heavy atom. The van der Waals surface area contributed by atoms with Crippen LogP contribution in [0, 0.1) is 10.1 Å². The average Bonchev–Trinajstić information content (AvgIpc) is 2.82. The van der Waals surface area contributed by atoms with Gasteiger partial charge >= 0.3 is 0 Å². The number of nitro groups is 1. The molecule has 3 rings (SSSR count). The molecule has 0 radical (unpaired) electrons. The standard InChI is InChI=1S/C23H32N4O6/c28-15-20-22(30)23(31)21(29)14-26(20)11-4-2-1-3-10-25-18-8-7-16(12-19(18)27(32)33)17-6-5-9-24-13-17/h5-9,12-13,20-23,25,28-31H,1-4,10-11,14-15H2/t20-,21+,22-,23-/m1/s1. The quantitative estimate of drug-likeness (QED) is 0.190. The maximum Gasteiger partial charge on any atom is 0.292 e. The zero-order valence-electron chi connectivity index (χ0n) is 18.5. The van der Waals surface area contributed by atoms with E-state index >= 15 is 0 Å². The summed E-state index contributed by atoms with van der Waals surface area (Å²) in [6, 6.07) is 8.17. The zero-order valence-corrected chi connectivity index (χ0v) is 18.5. The minimum Gasteiger partial charge on any atom is -0.395 e. The third-order valence-electron chi connectivity index (χ3n) is 6.09. The number of aliphatic hydroxyl groups excluding tert-OH is 4. The van der Waals surface area contributed by atoms with Crippen molar-refractivity contribution in [1.29, 1.82) is 0 Å². The van der Waals surface area contributed by atoms with Crippen molar-refractivity contribution < 1.29 is 25.3 Å². The molecule has 1 aromatic heterocycles. The van der Waals surface area contributed by atoms with Crippen LogP contribution in [0.15, 0.2) is 42.7 Å². The minimum atomic E-state index is -1.24. The van der Waals surface area contributed by atoms with Gasteiger partial charge in [0.25, 0.3) is 5.69 Å². The first-order valence-corrected chi connectivity index (χ1v) is 11.2. The van der Waals surface area contributed by atoms with Crippen molar-refractivity contribution in [2.75, 3.05) is 31.6 Å². The number of aliphatic hydroxyl groups is 4. The molecule has 1 aromatic carbocycles. The van der Waals surface area contributed by atoms with Gasteiger partial charge in [0, 0.05) is 37.1 Å².